The van der Waals surface area contributed by atoms with Crippen molar-refractivity contribution in [3.8, 4) is 0 Å². The molecular formula is C17H20O2. The highest BCUT2D eigenvalue weighted by Crippen LogP contribution is 2.15. The molecule has 0 amide bonds. The fourth-order valence-electron chi connectivity index (χ4n) is 1.62. The molecule has 0 aliphatic heterocycles. The summed E-state index contributed by atoms with van der Waals surface area (Å²) in [4.78, 5) is 10.6. The molecular weight excluding hydrogens is 236 g/mol. The van der Waals surface area contributed by atoms with E-state index in [1.807, 2.05) is 49.4 Å². The summed E-state index contributed by atoms with van der Waals surface area (Å²) in [5, 5.41) is 8.73. The van der Waals surface area contributed by atoms with Gasteiger partial charge in [0.15, 0.2) is 0 Å². The van der Waals surface area contributed by atoms with Crippen molar-refractivity contribution in [3.63, 3.8) is 0 Å². The number of hydrogen-bond acceptors (Lipinski definition) is 1. The van der Waals surface area contributed by atoms with Crippen LogP contribution in [0.3, 0.4) is 0 Å². The van der Waals surface area contributed by atoms with Crippen LogP contribution in [0.5, 0.6) is 0 Å². The first-order valence-electron chi connectivity index (χ1n) is 6.31. The Morgan fingerprint density at radius 3 is 1.95 bits per heavy atom. The molecule has 100 valence electrons. The smallest absolute Gasteiger partial charge is 0.310 e. The maximum Gasteiger partial charge on any atom is 0.310 e. The molecule has 0 heterocycles. The Kier molecular flexibility index (Phi) is 5.80. The highest BCUT2D eigenvalue weighted by atomic mass is 16.4. The lowest BCUT2D eigenvalue weighted by Crippen LogP contribution is -2.07. The van der Waals surface area contributed by atoms with Gasteiger partial charge in [-0.05, 0) is 26.3 Å². The number of rotatable bonds is 2. The fourth-order valence-corrected chi connectivity index (χ4v) is 1.62. The number of carboxylic acids is 1. The summed E-state index contributed by atoms with van der Waals surface area (Å²) in [6.07, 6.45) is 0. The van der Waals surface area contributed by atoms with Gasteiger partial charge in [-0.2, -0.15) is 0 Å². The lowest BCUT2D eigenvalue weighted by atomic mass is 10.00. The lowest BCUT2D eigenvalue weighted by Gasteiger charge is -2.06. The van der Waals surface area contributed by atoms with Gasteiger partial charge in [-0.3, -0.25) is 4.79 Å². The van der Waals surface area contributed by atoms with Gasteiger partial charge in [0.25, 0.3) is 0 Å². The Morgan fingerprint density at radius 2 is 1.53 bits per heavy atom. The van der Waals surface area contributed by atoms with E-state index in [9.17, 15) is 4.79 Å². The predicted octanol–water partition coefficient (Wildman–Crippen LogP) is 4.18. The molecule has 0 bridgehead atoms. The van der Waals surface area contributed by atoms with E-state index in [4.69, 9.17) is 5.11 Å². The summed E-state index contributed by atoms with van der Waals surface area (Å²) in [5.74, 6) is -1.19. The standard InChI is InChI=1S/C10H12O2.C7H8/c1-7-4-3-5-9(6-7)8(2)10(11)12;1-7-5-3-2-4-6-7/h3-6,8H,1-2H3,(H,11,12);2-6H,1H3. The molecule has 19 heavy (non-hydrogen) atoms. The lowest BCUT2D eigenvalue weighted by molar-refractivity contribution is -0.138. The summed E-state index contributed by atoms with van der Waals surface area (Å²) in [5.41, 5.74) is 3.28. The van der Waals surface area contributed by atoms with Crippen molar-refractivity contribution in [3.05, 3.63) is 71.3 Å². The minimum Gasteiger partial charge on any atom is -0.481 e. The first kappa shape index (κ1) is 15.0. The van der Waals surface area contributed by atoms with Gasteiger partial charge in [0.1, 0.15) is 0 Å². The maximum absolute atomic E-state index is 10.6. The van der Waals surface area contributed by atoms with Crippen LogP contribution in [0.2, 0.25) is 0 Å². The van der Waals surface area contributed by atoms with Crippen molar-refractivity contribution >= 4 is 5.97 Å². The van der Waals surface area contributed by atoms with Crippen LogP contribution in [0.25, 0.3) is 0 Å². The maximum atomic E-state index is 10.6. The molecule has 0 saturated carbocycles. The van der Waals surface area contributed by atoms with Gasteiger partial charge in [0.2, 0.25) is 0 Å². The Labute approximate surface area is 114 Å². The van der Waals surface area contributed by atoms with Gasteiger partial charge in [0, 0.05) is 0 Å². The molecule has 2 aromatic rings. The zero-order valence-corrected chi connectivity index (χ0v) is 11.6. The summed E-state index contributed by atoms with van der Waals surface area (Å²) in [7, 11) is 0. The molecule has 0 fully saturated rings. The molecule has 0 saturated heterocycles. The van der Waals surface area contributed by atoms with Crippen molar-refractivity contribution in [2.75, 3.05) is 0 Å². The van der Waals surface area contributed by atoms with E-state index in [0.717, 1.165) is 11.1 Å². The van der Waals surface area contributed by atoms with Gasteiger partial charge < -0.3 is 5.11 Å². The second-order valence-electron chi connectivity index (χ2n) is 4.63. The molecule has 0 radical (unpaired) electrons. The topological polar surface area (TPSA) is 37.3 Å². The summed E-state index contributed by atoms with van der Waals surface area (Å²) >= 11 is 0. The molecule has 1 unspecified atom stereocenters. The molecule has 2 heteroatoms. The number of hydrogen-bond donors (Lipinski definition) is 1. The Bertz CT molecular complexity index is 518. The minimum absolute atomic E-state index is 0.412. The highest BCUT2D eigenvalue weighted by molar-refractivity contribution is 5.75. The molecule has 2 aromatic carbocycles. The van der Waals surface area contributed by atoms with Crippen LogP contribution in [0.4, 0.5) is 0 Å². The minimum atomic E-state index is -0.777. The second-order valence-corrected chi connectivity index (χ2v) is 4.63. The SMILES string of the molecule is Cc1cccc(C(C)C(=O)O)c1.Cc1ccccc1. The first-order chi connectivity index (χ1) is 9.00. The van der Waals surface area contributed by atoms with Gasteiger partial charge in [0.05, 0.1) is 5.92 Å². The molecule has 0 aliphatic carbocycles. The van der Waals surface area contributed by atoms with E-state index >= 15 is 0 Å². The van der Waals surface area contributed by atoms with E-state index in [-0.39, 0.29) is 0 Å². The van der Waals surface area contributed by atoms with Crippen LogP contribution in [0.1, 0.15) is 29.5 Å². The van der Waals surface area contributed by atoms with E-state index in [2.05, 4.69) is 19.1 Å². The zero-order chi connectivity index (χ0) is 14.3. The highest BCUT2D eigenvalue weighted by Gasteiger charge is 2.12. The third-order valence-corrected chi connectivity index (χ3v) is 2.85. The monoisotopic (exact) mass is 256 g/mol. The fraction of sp³-hybridized carbons (Fsp3) is 0.235. The van der Waals surface area contributed by atoms with Crippen molar-refractivity contribution < 1.29 is 9.90 Å². The Balaban J connectivity index is 0.000000218. The van der Waals surface area contributed by atoms with Gasteiger partial charge in [-0.1, -0.05) is 65.7 Å². The van der Waals surface area contributed by atoms with E-state index in [1.165, 1.54) is 5.56 Å². The van der Waals surface area contributed by atoms with Crippen molar-refractivity contribution in [2.24, 2.45) is 0 Å². The third-order valence-electron chi connectivity index (χ3n) is 2.85. The van der Waals surface area contributed by atoms with Gasteiger partial charge >= 0.3 is 5.97 Å². The third kappa shape index (κ3) is 5.38. The molecule has 0 aliphatic rings. The quantitative estimate of drug-likeness (QED) is 0.875. The van der Waals surface area contributed by atoms with Crippen LogP contribution >= 0.6 is 0 Å². The van der Waals surface area contributed by atoms with Crippen LogP contribution < -0.4 is 0 Å². The number of aliphatic carboxylic acids is 1. The molecule has 1 N–H and O–H groups in total. The van der Waals surface area contributed by atoms with Crippen molar-refractivity contribution in [2.45, 2.75) is 26.7 Å². The van der Waals surface area contributed by atoms with Gasteiger partial charge in [-0.25, -0.2) is 0 Å². The zero-order valence-electron chi connectivity index (χ0n) is 11.6. The number of carbonyl (C=O) groups is 1. The molecule has 2 rings (SSSR count). The van der Waals surface area contributed by atoms with Gasteiger partial charge in [-0.15, -0.1) is 0 Å². The number of aryl methyl sites for hydroxylation is 2. The molecule has 0 aromatic heterocycles. The Morgan fingerprint density at radius 1 is 0.947 bits per heavy atom. The number of carboxylic acid groups (broad SMARTS) is 1. The van der Waals surface area contributed by atoms with Crippen molar-refractivity contribution in [1.29, 1.82) is 0 Å². The van der Waals surface area contributed by atoms with Crippen LogP contribution in [0.15, 0.2) is 54.6 Å². The largest absolute Gasteiger partial charge is 0.481 e. The Hall–Kier alpha value is -2.09. The average Bonchev–Trinajstić information content (AvgIpc) is 2.39. The summed E-state index contributed by atoms with van der Waals surface area (Å²) in [6.45, 7) is 5.73. The van der Waals surface area contributed by atoms with Crippen LogP contribution in [0, 0.1) is 13.8 Å². The summed E-state index contributed by atoms with van der Waals surface area (Å²) in [6, 6.07) is 17.8. The van der Waals surface area contributed by atoms with E-state index < -0.39 is 11.9 Å². The molecule has 2 nitrogen and oxygen atoms in total. The van der Waals surface area contributed by atoms with E-state index in [1.54, 1.807) is 6.92 Å². The normalized spacial score (nSPS) is 11.1. The first-order valence-corrected chi connectivity index (χ1v) is 6.31. The number of benzene rings is 2. The van der Waals surface area contributed by atoms with Crippen LogP contribution in [-0.2, 0) is 4.79 Å². The molecule has 1 atom stereocenters. The second kappa shape index (κ2) is 7.37. The van der Waals surface area contributed by atoms with Crippen molar-refractivity contribution in [1.82, 2.24) is 0 Å². The van der Waals surface area contributed by atoms with Crippen LogP contribution in [-0.4, -0.2) is 11.1 Å². The summed E-state index contributed by atoms with van der Waals surface area (Å²) < 4.78 is 0. The average molecular weight is 256 g/mol. The van der Waals surface area contributed by atoms with E-state index in [0.29, 0.717) is 0 Å². The molecule has 0 spiro atoms. The predicted molar refractivity (Wildman–Crippen MR) is 78.4 cm³/mol.